The lowest BCUT2D eigenvalue weighted by Gasteiger charge is -2.11. The highest BCUT2D eigenvalue weighted by Crippen LogP contribution is 2.26. The molecule has 0 aliphatic carbocycles. The van der Waals surface area contributed by atoms with E-state index in [4.69, 9.17) is 9.47 Å². The van der Waals surface area contributed by atoms with Crippen LogP contribution in [0.4, 0.5) is 0 Å². The predicted molar refractivity (Wildman–Crippen MR) is 80.3 cm³/mol. The van der Waals surface area contributed by atoms with E-state index in [-0.39, 0.29) is 0 Å². The van der Waals surface area contributed by atoms with Crippen molar-refractivity contribution in [3.8, 4) is 11.5 Å². The van der Waals surface area contributed by atoms with E-state index in [9.17, 15) is 0 Å². The molecule has 1 aromatic heterocycles. The minimum absolute atomic E-state index is 0.623. The van der Waals surface area contributed by atoms with Crippen LogP contribution in [0.2, 0.25) is 0 Å². The summed E-state index contributed by atoms with van der Waals surface area (Å²) in [5.74, 6) is 1.61. The van der Waals surface area contributed by atoms with Gasteiger partial charge in [0.2, 0.25) is 0 Å². The maximum absolute atomic E-state index is 5.80. The Kier molecular flexibility index (Phi) is 5.50. The highest BCUT2D eigenvalue weighted by molar-refractivity contribution is 5.39. The molecule has 1 heterocycles. The van der Waals surface area contributed by atoms with Crippen LogP contribution in [-0.4, -0.2) is 24.8 Å². The molecule has 0 fully saturated rings. The van der Waals surface area contributed by atoms with E-state index in [1.54, 1.807) is 0 Å². The van der Waals surface area contributed by atoms with Crippen LogP contribution in [0, 0.1) is 0 Å². The summed E-state index contributed by atoms with van der Waals surface area (Å²) >= 11 is 0. The van der Waals surface area contributed by atoms with Gasteiger partial charge in [-0.05, 0) is 37.7 Å². The third-order valence-electron chi connectivity index (χ3n) is 2.95. The summed E-state index contributed by atoms with van der Waals surface area (Å²) in [6, 6.07) is 9.89. The smallest absolute Gasteiger partial charge is 0.161 e. The SMILES string of the molecule is CCOc1ccccc1OCCn1ccc(CNC)c1. The second-order valence-electron chi connectivity index (χ2n) is 4.52. The Morgan fingerprint density at radius 2 is 1.85 bits per heavy atom. The van der Waals surface area contributed by atoms with E-state index < -0.39 is 0 Å². The van der Waals surface area contributed by atoms with E-state index in [2.05, 4.69) is 28.3 Å². The van der Waals surface area contributed by atoms with Gasteiger partial charge >= 0.3 is 0 Å². The molecule has 0 amide bonds. The molecule has 1 N–H and O–H groups in total. The lowest BCUT2D eigenvalue weighted by molar-refractivity contribution is 0.266. The molecule has 20 heavy (non-hydrogen) atoms. The van der Waals surface area contributed by atoms with Crippen molar-refractivity contribution in [2.75, 3.05) is 20.3 Å². The first-order valence-electron chi connectivity index (χ1n) is 6.97. The number of nitrogens with zero attached hydrogens (tertiary/aromatic N) is 1. The van der Waals surface area contributed by atoms with Gasteiger partial charge in [0.05, 0.1) is 13.2 Å². The molecule has 0 saturated carbocycles. The molecule has 4 heteroatoms. The summed E-state index contributed by atoms with van der Waals surface area (Å²) in [6.45, 7) is 4.95. The Bertz CT molecular complexity index is 523. The largest absolute Gasteiger partial charge is 0.490 e. The van der Waals surface area contributed by atoms with E-state index in [0.29, 0.717) is 13.2 Å². The number of aromatic nitrogens is 1. The number of benzene rings is 1. The number of nitrogens with one attached hydrogen (secondary N) is 1. The molecule has 0 spiro atoms. The zero-order valence-corrected chi connectivity index (χ0v) is 12.1. The third-order valence-corrected chi connectivity index (χ3v) is 2.95. The standard InChI is InChI=1S/C16H22N2O2/c1-3-19-15-6-4-5-7-16(15)20-11-10-18-9-8-14(13-18)12-17-2/h4-9,13,17H,3,10-12H2,1-2H3. The summed E-state index contributed by atoms with van der Waals surface area (Å²) < 4.78 is 13.5. The van der Waals surface area contributed by atoms with Gasteiger partial charge in [0.15, 0.2) is 11.5 Å². The Hall–Kier alpha value is -1.94. The molecule has 0 aliphatic rings. The molecule has 0 aliphatic heterocycles. The van der Waals surface area contributed by atoms with E-state index >= 15 is 0 Å². The predicted octanol–water partition coefficient (Wildman–Crippen LogP) is 2.69. The van der Waals surface area contributed by atoms with Gasteiger partial charge < -0.3 is 19.4 Å². The summed E-state index contributed by atoms with van der Waals surface area (Å²) in [4.78, 5) is 0. The summed E-state index contributed by atoms with van der Waals surface area (Å²) in [5, 5.41) is 3.14. The van der Waals surface area contributed by atoms with E-state index in [0.717, 1.165) is 24.6 Å². The van der Waals surface area contributed by atoms with E-state index in [1.165, 1.54) is 5.56 Å². The molecular weight excluding hydrogens is 252 g/mol. The Morgan fingerprint density at radius 1 is 1.10 bits per heavy atom. The average molecular weight is 274 g/mol. The van der Waals surface area contributed by atoms with Crippen LogP contribution >= 0.6 is 0 Å². The number of hydrogen-bond donors (Lipinski definition) is 1. The van der Waals surface area contributed by atoms with Crippen molar-refractivity contribution in [1.82, 2.24) is 9.88 Å². The molecule has 0 bridgehead atoms. The Labute approximate surface area is 120 Å². The molecular formula is C16H22N2O2. The van der Waals surface area contributed by atoms with Crippen molar-refractivity contribution in [2.45, 2.75) is 20.0 Å². The Morgan fingerprint density at radius 3 is 2.55 bits per heavy atom. The van der Waals surface area contributed by atoms with Crippen LogP contribution in [0.15, 0.2) is 42.7 Å². The van der Waals surface area contributed by atoms with Crippen molar-refractivity contribution in [3.63, 3.8) is 0 Å². The fourth-order valence-electron chi connectivity index (χ4n) is 2.04. The second kappa shape index (κ2) is 7.60. The molecule has 2 rings (SSSR count). The van der Waals surface area contributed by atoms with Gasteiger partial charge in [-0.3, -0.25) is 0 Å². The third kappa shape index (κ3) is 4.03. The van der Waals surface area contributed by atoms with Crippen LogP contribution < -0.4 is 14.8 Å². The first-order valence-corrected chi connectivity index (χ1v) is 6.97. The highest BCUT2D eigenvalue weighted by Gasteiger charge is 2.03. The molecule has 1 aromatic carbocycles. The zero-order valence-electron chi connectivity index (χ0n) is 12.1. The van der Waals surface area contributed by atoms with Gasteiger partial charge in [0.1, 0.15) is 6.61 Å². The number of rotatable bonds is 8. The quantitative estimate of drug-likeness (QED) is 0.804. The molecule has 0 atom stereocenters. The second-order valence-corrected chi connectivity index (χ2v) is 4.52. The molecule has 108 valence electrons. The van der Waals surface area contributed by atoms with Crippen molar-refractivity contribution >= 4 is 0 Å². The molecule has 0 saturated heterocycles. The topological polar surface area (TPSA) is 35.4 Å². The normalized spacial score (nSPS) is 10.5. The van der Waals surface area contributed by atoms with Gasteiger partial charge in [-0.25, -0.2) is 0 Å². The maximum atomic E-state index is 5.80. The minimum Gasteiger partial charge on any atom is -0.490 e. The zero-order chi connectivity index (χ0) is 14.2. The summed E-state index contributed by atoms with van der Waals surface area (Å²) in [6.07, 6.45) is 4.21. The summed E-state index contributed by atoms with van der Waals surface area (Å²) in [5.41, 5.74) is 1.28. The fourth-order valence-corrected chi connectivity index (χ4v) is 2.04. The van der Waals surface area contributed by atoms with Gasteiger partial charge in [-0.15, -0.1) is 0 Å². The van der Waals surface area contributed by atoms with Gasteiger partial charge in [0, 0.05) is 18.9 Å². The first-order chi connectivity index (χ1) is 9.83. The number of hydrogen-bond acceptors (Lipinski definition) is 3. The lowest BCUT2D eigenvalue weighted by atomic mass is 10.3. The van der Waals surface area contributed by atoms with Crippen LogP contribution in [0.3, 0.4) is 0 Å². The van der Waals surface area contributed by atoms with Crippen molar-refractivity contribution < 1.29 is 9.47 Å². The monoisotopic (exact) mass is 274 g/mol. The minimum atomic E-state index is 0.623. The number of para-hydroxylation sites is 2. The van der Waals surface area contributed by atoms with Gasteiger partial charge in [-0.1, -0.05) is 12.1 Å². The van der Waals surface area contributed by atoms with Crippen LogP contribution in [0.5, 0.6) is 11.5 Å². The summed E-state index contributed by atoms with van der Waals surface area (Å²) in [7, 11) is 1.95. The molecule has 4 nitrogen and oxygen atoms in total. The molecule has 2 aromatic rings. The fraction of sp³-hybridized carbons (Fsp3) is 0.375. The van der Waals surface area contributed by atoms with Crippen molar-refractivity contribution in [2.24, 2.45) is 0 Å². The molecule has 0 radical (unpaired) electrons. The molecule has 0 unspecified atom stereocenters. The Balaban J connectivity index is 1.85. The maximum Gasteiger partial charge on any atom is 0.161 e. The first kappa shape index (κ1) is 14.5. The van der Waals surface area contributed by atoms with Gasteiger partial charge in [0.25, 0.3) is 0 Å². The lowest BCUT2D eigenvalue weighted by Crippen LogP contribution is -2.08. The van der Waals surface area contributed by atoms with Crippen molar-refractivity contribution in [1.29, 1.82) is 0 Å². The number of ether oxygens (including phenoxy) is 2. The van der Waals surface area contributed by atoms with E-state index in [1.807, 2.05) is 38.2 Å². The average Bonchev–Trinajstić information content (AvgIpc) is 2.89. The van der Waals surface area contributed by atoms with Crippen LogP contribution in [-0.2, 0) is 13.1 Å². The van der Waals surface area contributed by atoms with Crippen LogP contribution in [0.1, 0.15) is 12.5 Å². The highest BCUT2D eigenvalue weighted by atomic mass is 16.5. The van der Waals surface area contributed by atoms with Crippen molar-refractivity contribution in [3.05, 3.63) is 48.3 Å². The van der Waals surface area contributed by atoms with Crippen LogP contribution in [0.25, 0.3) is 0 Å². The van der Waals surface area contributed by atoms with Gasteiger partial charge in [-0.2, -0.15) is 0 Å².